The zero-order valence-corrected chi connectivity index (χ0v) is 18.4. The lowest BCUT2D eigenvalue weighted by Gasteiger charge is -2.51. The molecule has 34 heavy (non-hydrogen) atoms. The maximum absolute atomic E-state index is 13.3. The number of carbonyl (C=O) groups is 2. The van der Waals surface area contributed by atoms with E-state index in [-0.39, 0.29) is 35.4 Å². The summed E-state index contributed by atoms with van der Waals surface area (Å²) < 4.78 is 18.7. The predicted molar refractivity (Wildman–Crippen MR) is 120 cm³/mol. The van der Waals surface area contributed by atoms with Crippen LogP contribution in [0.25, 0.3) is 0 Å². The van der Waals surface area contributed by atoms with Crippen molar-refractivity contribution in [1.82, 2.24) is 15.2 Å². The van der Waals surface area contributed by atoms with Crippen LogP contribution in [0.1, 0.15) is 47.8 Å². The van der Waals surface area contributed by atoms with Crippen LogP contribution in [0.3, 0.4) is 0 Å². The summed E-state index contributed by atoms with van der Waals surface area (Å²) in [5, 5.41) is 19.5. The van der Waals surface area contributed by atoms with E-state index in [0.29, 0.717) is 11.3 Å². The predicted octanol–water partition coefficient (Wildman–Crippen LogP) is 3.53. The molecule has 3 aromatic rings. The van der Waals surface area contributed by atoms with Crippen molar-refractivity contribution in [2.24, 2.45) is 11.3 Å². The van der Waals surface area contributed by atoms with Gasteiger partial charge < -0.3 is 19.7 Å². The third kappa shape index (κ3) is 4.61. The van der Waals surface area contributed by atoms with E-state index in [0.717, 1.165) is 44.6 Å². The molecule has 1 aliphatic heterocycles. The molecule has 176 valence electrons. The monoisotopic (exact) mass is 465 g/mol. The number of nitrogens with zero attached hydrogens (tertiary/aromatic N) is 4. The highest BCUT2D eigenvalue weighted by Gasteiger charge is 2.48. The van der Waals surface area contributed by atoms with E-state index < -0.39 is 11.9 Å². The van der Waals surface area contributed by atoms with Crippen molar-refractivity contribution < 1.29 is 23.5 Å². The molecule has 1 saturated heterocycles. The fourth-order valence-electron chi connectivity index (χ4n) is 4.85. The lowest BCUT2D eigenvalue weighted by molar-refractivity contribution is -0.151. The van der Waals surface area contributed by atoms with E-state index >= 15 is 0 Å². The van der Waals surface area contributed by atoms with Crippen molar-refractivity contribution in [3.8, 4) is 0 Å². The van der Waals surface area contributed by atoms with Crippen molar-refractivity contribution in [2.45, 2.75) is 32.1 Å². The minimum atomic E-state index is -0.685. The number of nitrogens with one attached hydrogen (secondary N) is 1. The first kappa shape index (κ1) is 22.0. The van der Waals surface area contributed by atoms with Gasteiger partial charge in [-0.05, 0) is 60.9 Å². The summed E-state index contributed by atoms with van der Waals surface area (Å²) in [6, 6.07) is 9.66. The van der Waals surface area contributed by atoms with Crippen molar-refractivity contribution in [1.29, 1.82) is 0 Å². The van der Waals surface area contributed by atoms with Gasteiger partial charge in [-0.1, -0.05) is 12.1 Å². The molecule has 0 atom stereocenters. The number of aromatic nitrogens is 3. The molecule has 5 rings (SSSR count). The van der Waals surface area contributed by atoms with Crippen molar-refractivity contribution in [3.05, 3.63) is 65.8 Å². The van der Waals surface area contributed by atoms with Gasteiger partial charge in [0.05, 0.1) is 24.2 Å². The highest BCUT2D eigenvalue weighted by Crippen LogP contribution is 2.52. The molecule has 2 fully saturated rings. The SMILES string of the molecule is O=C(Nc1ccc(N2CCC3(CC2)CC(C(=O)O)C3)nc1)c1nnc(Cc2cccc(F)c2)o1. The quantitative estimate of drug-likeness (QED) is 0.567. The van der Waals surface area contributed by atoms with E-state index in [1.165, 1.54) is 12.1 Å². The molecule has 0 unspecified atom stereocenters. The van der Waals surface area contributed by atoms with Gasteiger partial charge in [0.2, 0.25) is 5.89 Å². The topological polar surface area (TPSA) is 121 Å². The van der Waals surface area contributed by atoms with Crippen molar-refractivity contribution in [2.75, 3.05) is 23.3 Å². The van der Waals surface area contributed by atoms with Crippen molar-refractivity contribution >= 4 is 23.4 Å². The molecule has 0 radical (unpaired) electrons. The number of carboxylic acids is 1. The third-order valence-electron chi connectivity index (χ3n) is 6.77. The molecule has 10 heteroatoms. The second-order valence-corrected chi connectivity index (χ2v) is 9.10. The molecule has 2 aliphatic rings. The Bertz CT molecular complexity index is 1200. The number of aliphatic carboxylic acids is 1. The van der Waals surface area contributed by atoms with Gasteiger partial charge in [0.15, 0.2) is 0 Å². The van der Waals surface area contributed by atoms with Crippen LogP contribution in [-0.4, -0.2) is 45.3 Å². The molecule has 1 aromatic carbocycles. The molecule has 2 N–H and O–H groups in total. The van der Waals surface area contributed by atoms with E-state index in [4.69, 9.17) is 9.52 Å². The summed E-state index contributed by atoms with van der Waals surface area (Å²) in [5.74, 6) is -0.933. The lowest BCUT2D eigenvalue weighted by atomic mass is 9.57. The largest absolute Gasteiger partial charge is 0.481 e. The van der Waals surface area contributed by atoms with Gasteiger partial charge in [-0.2, -0.15) is 0 Å². The number of halogens is 1. The molecule has 1 amide bonds. The number of rotatable bonds is 6. The van der Waals surface area contributed by atoms with Gasteiger partial charge in [-0.3, -0.25) is 9.59 Å². The van der Waals surface area contributed by atoms with Gasteiger partial charge >= 0.3 is 17.8 Å². The minimum Gasteiger partial charge on any atom is -0.481 e. The second-order valence-electron chi connectivity index (χ2n) is 9.10. The standard InChI is InChI=1S/C24H24FN5O4/c25-17-3-1-2-15(10-17)11-20-28-29-22(34-20)21(31)27-18-4-5-19(26-14-18)30-8-6-24(7-9-30)12-16(13-24)23(32)33/h1-5,10,14,16H,6-9,11-13H2,(H,27,31)(H,32,33). The molecule has 0 bridgehead atoms. The van der Waals surface area contributed by atoms with E-state index in [1.807, 2.05) is 6.07 Å². The average Bonchev–Trinajstić information content (AvgIpc) is 3.27. The van der Waals surface area contributed by atoms with E-state index in [2.05, 4.69) is 25.4 Å². The Morgan fingerprint density at radius 2 is 1.97 bits per heavy atom. The Hall–Kier alpha value is -3.82. The highest BCUT2D eigenvalue weighted by atomic mass is 19.1. The van der Waals surface area contributed by atoms with Gasteiger partial charge in [0, 0.05) is 13.1 Å². The van der Waals surface area contributed by atoms with Gasteiger partial charge in [-0.15, -0.1) is 10.2 Å². The van der Waals surface area contributed by atoms with Crippen LogP contribution in [0.5, 0.6) is 0 Å². The summed E-state index contributed by atoms with van der Waals surface area (Å²) in [7, 11) is 0. The Morgan fingerprint density at radius 1 is 1.18 bits per heavy atom. The lowest BCUT2D eigenvalue weighted by Crippen LogP contribution is -2.49. The number of anilines is 2. The van der Waals surface area contributed by atoms with Crippen LogP contribution in [0.15, 0.2) is 47.0 Å². The molecule has 1 saturated carbocycles. The normalized spacial score (nSPS) is 17.4. The van der Waals surface area contributed by atoms with E-state index in [1.54, 1.807) is 24.4 Å². The fraction of sp³-hybridized carbons (Fsp3) is 0.375. The van der Waals surface area contributed by atoms with Crippen LogP contribution in [0.2, 0.25) is 0 Å². The summed E-state index contributed by atoms with van der Waals surface area (Å²) in [6.45, 7) is 1.67. The van der Waals surface area contributed by atoms with E-state index in [9.17, 15) is 14.0 Å². The Balaban J connectivity index is 1.14. The van der Waals surface area contributed by atoms with Gasteiger partial charge in [0.1, 0.15) is 11.6 Å². The highest BCUT2D eigenvalue weighted by molar-refractivity contribution is 6.00. The van der Waals surface area contributed by atoms with Gasteiger partial charge in [0.25, 0.3) is 0 Å². The number of carboxylic acid groups (broad SMARTS) is 1. The maximum atomic E-state index is 13.3. The van der Waals surface area contributed by atoms with Crippen LogP contribution >= 0.6 is 0 Å². The number of benzene rings is 1. The number of piperidine rings is 1. The first-order chi connectivity index (χ1) is 16.4. The maximum Gasteiger partial charge on any atom is 0.313 e. The summed E-state index contributed by atoms with van der Waals surface area (Å²) >= 11 is 0. The average molecular weight is 465 g/mol. The molecular formula is C24H24FN5O4. The van der Waals surface area contributed by atoms with Crippen LogP contribution < -0.4 is 10.2 Å². The Labute approximate surface area is 195 Å². The second kappa shape index (κ2) is 8.85. The summed E-state index contributed by atoms with van der Waals surface area (Å²) in [4.78, 5) is 30.2. The third-order valence-corrected chi connectivity index (χ3v) is 6.77. The van der Waals surface area contributed by atoms with Gasteiger partial charge in [-0.25, -0.2) is 9.37 Å². The molecule has 3 heterocycles. The molecular weight excluding hydrogens is 441 g/mol. The smallest absolute Gasteiger partial charge is 0.313 e. The Morgan fingerprint density at radius 3 is 2.65 bits per heavy atom. The molecule has 1 spiro atoms. The summed E-state index contributed by atoms with van der Waals surface area (Å²) in [6.07, 6.45) is 5.27. The number of amides is 1. The van der Waals surface area contributed by atoms with Crippen LogP contribution in [-0.2, 0) is 11.2 Å². The number of pyridine rings is 1. The Kier molecular flexibility index (Phi) is 5.72. The van der Waals surface area contributed by atoms with Crippen molar-refractivity contribution in [3.63, 3.8) is 0 Å². The molecule has 9 nitrogen and oxygen atoms in total. The number of carbonyl (C=O) groups excluding carboxylic acids is 1. The first-order valence-corrected chi connectivity index (χ1v) is 11.2. The van der Waals surface area contributed by atoms with Crippen LogP contribution in [0, 0.1) is 17.2 Å². The number of hydrogen-bond acceptors (Lipinski definition) is 7. The molecule has 2 aromatic heterocycles. The van der Waals surface area contributed by atoms with Crippen LogP contribution in [0.4, 0.5) is 15.9 Å². The zero-order valence-electron chi connectivity index (χ0n) is 18.4. The zero-order chi connectivity index (χ0) is 23.7. The number of hydrogen-bond donors (Lipinski definition) is 2. The first-order valence-electron chi connectivity index (χ1n) is 11.2. The molecule has 1 aliphatic carbocycles. The fourth-order valence-corrected chi connectivity index (χ4v) is 4.85. The minimum absolute atomic E-state index is 0.172. The summed E-state index contributed by atoms with van der Waals surface area (Å²) in [5.41, 5.74) is 1.33.